The third-order valence-corrected chi connectivity index (χ3v) is 4.59. The van der Waals surface area contributed by atoms with Gasteiger partial charge in [-0.2, -0.15) is 9.78 Å². The monoisotopic (exact) mass is 315 g/mol. The number of nitrogen functional groups attached to an aromatic ring is 1. The third-order valence-electron chi connectivity index (χ3n) is 4.59. The molecule has 2 aliphatic rings. The lowest BCUT2D eigenvalue weighted by atomic mass is 9.90. The predicted molar refractivity (Wildman–Crippen MR) is 84.9 cm³/mol. The van der Waals surface area contributed by atoms with Gasteiger partial charge >= 0.3 is 0 Å². The van der Waals surface area contributed by atoms with E-state index in [2.05, 4.69) is 15.7 Å². The van der Waals surface area contributed by atoms with Crippen molar-refractivity contribution in [1.82, 2.24) is 15.1 Å². The molecule has 0 aliphatic carbocycles. The maximum absolute atomic E-state index is 13.6. The van der Waals surface area contributed by atoms with Crippen LogP contribution in [0.3, 0.4) is 0 Å². The van der Waals surface area contributed by atoms with E-state index in [9.17, 15) is 9.18 Å². The Bertz CT molecular complexity index is 785. The molecule has 0 radical (unpaired) electrons. The van der Waals surface area contributed by atoms with E-state index >= 15 is 0 Å². The first-order valence-electron chi connectivity index (χ1n) is 7.79. The summed E-state index contributed by atoms with van der Waals surface area (Å²) in [6, 6.07) is 4.49. The minimum absolute atomic E-state index is 0.190. The first-order valence-corrected chi connectivity index (χ1v) is 7.79. The van der Waals surface area contributed by atoms with Crippen LogP contribution in [0, 0.1) is 5.82 Å². The zero-order valence-electron chi connectivity index (χ0n) is 12.6. The quantitative estimate of drug-likeness (QED) is 0.742. The van der Waals surface area contributed by atoms with Gasteiger partial charge in [0.05, 0.1) is 11.6 Å². The average Bonchev–Trinajstić information content (AvgIpc) is 2.91. The largest absolute Gasteiger partial charge is 0.385 e. The van der Waals surface area contributed by atoms with Crippen molar-refractivity contribution in [2.24, 2.45) is 0 Å². The highest BCUT2D eigenvalue weighted by Crippen LogP contribution is 2.34. The number of fused-ring (bicyclic) bond motifs is 2. The average molecular weight is 315 g/mol. The molecule has 1 atom stereocenters. The second-order valence-corrected chi connectivity index (χ2v) is 5.99. The van der Waals surface area contributed by atoms with Crippen molar-refractivity contribution < 1.29 is 9.18 Å². The van der Waals surface area contributed by atoms with Gasteiger partial charge in [0.1, 0.15) is 11.6 Å². The molecule has 0 spiro atoms. The summed E-state index contributed by atoms with van der Waals surface area (Å²) in [5.74, 6) is -0.547. The SMILES string of the molecule is Nc1c2c(nn1C(=O)[C@H]1CCNc3ccc(F)cc31)CNCC2. The molecule has 1 aromatic heterocycles. The predicted octanol–water partition coefficient (Wildman–Crippen LogP) is 1.49. The summed E-state index contributed by atoms with van der Waals surface area (Å²) in [5, 5.41) is 10.8. The van der Waals surface area contributed by atoms with Crippen LogP contribution in [0.2, 0.25) is 0 Å². The molecule has 0 bridgehead atoms. The van der Waals surface area contributed by atoms with Gasteiger partial charge < -0.3 is 16.4 Å². The highest BCUT2D eigenvalue weighted by molar-refractivity contribution is 5.90. The molecule has 2 aromatic rings. The molecule has 120 valence electrons. The number of hydrogen-bond acceptors (Lipinski definition) is 5. The second kappa shape index (κ2) is 5.34. The number of rotatable bonds is 1. The number of nitrogens with zero attached hydrogens (tertiary/aromatic N) is 2. The third kappa shape index (κ3) is 2.28. The van der Waals surface area contributed by atoms with E-state index in [1.54, 1.807) is 6.07 Å². The zero-order valence-corrected chi connectivity index (χ0v) is 12.6. The number of benzene rings is 1. The van der Waals surface area contributed by atoms with Crippen molar-refractivity contribution >= 4 is 17.4 Å². The fraction of sp³-hybridized carbons (Fsp3) is 0.375. The Balaban J connectivity index is 1.74. The van der Waals surface area contributed by atoms with E-state index in [0.29, 0.717) is 30.9 Å². The number of hydrogen-bond donors (Lipinski definition) is 3. The van der Waals surface area contributed by atoms with Crippen LogP contribution >= 0.6 is 0 Å². The van der Waals surface area contributed by atoms with Crippen molar-refractivity contribution in [3.8, 4) is 0 Å². The Morgan fingerprint density at radius 2 is 2.26 bits per heavy atom. The van der Waals surface area contributed by atoms with Crippen LogP contribution in [0.5, 0.6) is 0 Å². The Labute approximate surface area is 132 Å². The van der Waals surface area contributed by atoms with E-state index in [4.69, 9.17) is 5.73 Å². The minimum atomic E-state index is -0.432. The minimum Gasteiger partial charge on any atom is -0.385 e. The lowest BCUT2D eigenvalue weighted by molar-refractivity contribution is 0.0859. The van der Waals surface area contributed by atoms with Gasteiger partial charge in [0.25, 0.3) is 5.91 Å². The van der Waals surface area contributed by atoms with E-state index in [0.717, 1.165) is 29.9 Å². The van der Waals surface area contributed by atoms with Crippen LogP contribution in [-0.2, 0) is 13.0 Å². The second-order valence-electron chi connectivity index (χ2n) is 5.99. The smallest absolute Gasteiger partial charge is 0.256 e. The molecule has 23 heavy (non-hydrogen) atoms. The molecule has 0 saturated carbocycles. The summed E-state index contributed by atoms with van der Waals surface area (Å²) in [4.78, 5) is 13.0. The van der Waals surface area contributed by atoms with Crippen LogP contribution in [-0.4, -0.2) is 28.8 Å². The summed E-state index contributed by atoms with van der Waals surface area (Å²) in [6.07, 6.45) is 1.36. The van der Waals surface area contributed by atoms with E-state index in [-0.39, 0.29) is 11.7 Å². The van der Waals surface area contributed by atoms with E-state index in [1.165, 1.54) is 16.8 Å². The molecular weight excluding hydrogens is 297 g/mol. The first kappa shape index (κ1) is 14.2. The van der Waals surface area contributed by atoms with E-state index < -0.39 is 5.92 Å². The molecule has 0 fully saturated rings. The molecule has 4 rings (SSSR count). The highest BCUT2D eigenvalue weighted by Gasteiger charge is 2.31. The first-order chi connectivity index (χ1) is 11.1. The fourth-order valence-electron chi connectivity index (χ4n) is 3.41. The lowest BCUT2D eigenvalue weighted by Gasteiger charge is -2.25. The van der Waals surface area contributed by atoms with Crippen LogP contribution < -0.4 is 16.4 Å². The maximum Gasteiger partial charge on any atom is 0.256 e. The molecule has 6 nitrogen and oxygen atoms in total. The van der Waals surface area contributed by atoms with Crippen molar-refractivity contribution in [3.05, 3.63) is 40.8 Å². The van der Waals surface area contributed by atoms with Crippen LogP contribution in [0.4, 0.5) is 15.9 Å². The Hall–Kier alpha value is -2.41. The molecule has 0 unspecified atom stereocenters. The molecule has 1 aromatic carbocycles. The number of carbonyl (C=O) groups excluding carboxylic acids is 1. The molecule has 4 N–H and O–H groups in total. The van der Waals surface area contributed by atoms with E-state index in [1.807, 2.05) is 0 Å². The van der Waals surface area contributed by atoms with Crippen LogP contribution in [0.1, 0.15) is 34.0 Å². The summed E-state index contributed by atoms with van der Waals surface area (Å²) in [6.45, 7) is 2.12. The molecule has 0 amide bonds. The molecular formula is C16H18FN5O. The van der Waals surface area contributed by atoms with Crippen molar-refractivity contribution in [2.45, 2.75) is 25.3 Å². The number of nitrogens with two attached hydrogens (primary N) is 1. The molecule has 3 heterocycles. The fourth-order valence-corrected chi connectivity index (χ4v) is 3.41. The summed E-state index contributed by atoms with van der Waals surface area (Å²) in [5.41, 5.74) is 9.40. The highest BCUT2D eigenvalue weighted by atomic mass is 19.1. The lowest BCUT2D eigenvalue weighted by Crippen LogP contribution is -2.28. The van der Waals surface area contributed by atoms with Crippen molar-refractivity contribution in [2.75, 3.05) is 24.1 Å². The molecule has 2 aliphatic heterocycles. The molecule has 0 saturated heterocycles. The number of halogens is 1. The van der Waals surface area contributed by atoms with Gasteiger partial charge in [0.15, 0.2) is 0 Å². The van der Waals surface area contributed by atoms with Crippen LogP contribution in [0.15, 0.2) is 18.2 Å². The van der Waals surface area contributed by atoms with Crippen LogP contribution in [0.25, 0.3) is 0 Å². The van der Waals surface area contributed by atoms with Gasteiger partial charge in [-0.1, -0.05) is 0 Å². The zero-order chi connectivity index (χ0) is 16.0. The van der Waals surface area contributed by atoms with Gasteiger partial charge in [-0.25, -0.2) is 4.39 Å². The van der Waals surface area contributed by atoms with Gasteiger partial charge in [-0.05, 0) is 43.1 Å². The number of aromatic nitrogens is 2. The van der Waals surface area contributed by atoms with Gasteiger partial charge in [-0.15, -0.1) is 0 Å². The van der Waals surface area contributed by atoms with Gasteiger partial charge in [0.2, 0.25) is 0 Å². The topological polar surface area (TPSA) is 85.0 Å². The maximum atomic E-state index is 13.6. The van der Waals surface area contributed by atoms with Crippen molar-refractivity contribution in [3.63, 3.8) is 0 Å². The Morgan fingerprint density at radius 3 is 3.09 bits per heavy atom. The normalized spacial score (nSPS) is 19.6. The standard InChI is InChI=1S/C16H18FN5O/c17-9-1-2-13-12(7-9)10(4-6-20-13)16(23)22-15(18)11-3-5-19-8-14(11)21-22/h1-2,7,10,19-20H,3-6,8,18H2/t10-/m0/s1. The summed E-state index contributed by atoms with van der Waals surface area (Å²) < 4.78 is 14.9. The van der Waals surface area contributed by atoms with Crippen molar-refractivity contribution in [1.29, 1.82) is 0 Å². The summed E-state index contributed by atoms with van der Waals surface area (Å²) >= 11 is 0. The Morgan fingerprint density at radius 1 is 1.39 bits per heavy atom. The number of nitrogens with one attached hydrogen (secondary N) is 2. The van der Waals surface area contributed by atoms with Gasteiger partial charge in [0, 0.05) is 24.3 Å². The Kier molecular flexibility index (Phi) is 3.30. The number of anilines is 2. The van der Waals surface area contributed by atoms with Gasteiger partial charge in [-0.3, -0.25) is 4.79 Å². The molecule has 7 heteroatoms. The number of carbonyl (C=O) groups is 1. The summed E-state index contributed by atoms with van der Waals surface area (Å²) in [7, 11) is 0.